The first-order chi connectivity index (χ1) is 17.5. The molecule has 182 valence electrons. The number of carbonyl (C=O) groups excluding carboxylic acids is 2. The van der Waals surface area contributed by atoms with E-state index in [0.29, 0.717) is 17.0 Å². The number of hydrogen-bond donors (Lipinski definition) is 3. The number of fused-ring (bicyclic) bond motifs is 1. The maximum Gasteiger partial charge on any atom is 0.249 e. The van der Waals surface area contributed by atoms with Gasteiger partial charge in [0.2, 0.25) is 11.8 Å². The zero-order chi connectivity index (χ0) is 25.1. The maximum absolute atomic E-state index is 12.9. The average molecular weight is 480 g/mol. The SMILES string of the molecule is CC(C(=O)Nc1ccc2c(C=C(C(N)=O)c3ccccc3)c[nH]c2n1)c1ccc(N2CCCC2)cc1. The molecule has 2 aromatic carbocycles. The Morgan fingerprint density at radius 1 is 1.03 bits per heavy atom. The van der Waals surface area contributed by atoms with E-state index in [4.69, 9.17) is 5.73 Å². The molecule has 7 nitrogen and oxygen atoms in total. The van der Waals surface area contributed by atoms with E-state index in [1.807, 2.05) is 55.5 Å². The summed E-state index contributed by atoms with van der Waals surface area (Å²) >= 11 is 0. The highest BCUT2D eigenvalue weighted by molar-refractivity contribution is 6.24. The Morgan fingerprint density at radius 2 is 1.75 bits per heavy atom. The van der Waals surface area contributed by atoms with Crippen LogP contribution >= 0.6 is 0 Å². The summed E-state index contributed by atoms with van der Waals surface area (Å²) in [7, 11) is 0. The van der Waals surface area contributed by atoms with Crippen LogP contribution in [-0.4, -0.2) is 34.9 Å². The number of aromatic amines is 1. The van der Waals surface area contributed by atoms with Gasteiger partial charge in [0, 0.05) is 41.5 Å². The Labute approximate surface area is 210 Å². The lowest BCUT2D eigenvalue weighted by Gasteiger charge is -2.19. The molecule has 2 amide bonds. The fourth-order valence-corrected chi connectivity index (χ4v) is 4.62. The number of nitrogens with zero attached hydrogens (tertiary/aromatic N) is 2. The number of nitrogens with two attached hydrogens (primary N) is 1. The molecular weight excluding hydrogens is 450 g/mol. The van der Waals surface area contributed by atoms with Crippen LogP contribution in [0.1, 0.15) is 42.4 Å². The zero-order valence-electron chi connectivity index (χ0n) is 20.2. The van der Waals surface area contributed by atoms with Crippen molar-refractivity contribution in [2.75, 3.05) is 23.3 Å². The summed E-state index contributed by atoms with van der Waals surface area (Å²) in [5, 5.41) is 3.75. The predicted octanol–water partition coefficient (Wildman–Crippen LogP) is 4.93. The minimum Gasteiger partial charge on any atom is -0.372 e. The van der Waals surface area contributed by atoms with Crippen molar-refractivity contribution < 1.29 is 9.59 Å². The number of anilines is 2. The van der Waals surface area contributed by atoms with Crippen LogP contribution in [0.5, 0.6) is 0 Å². The van der Waals surface area contributed by atoms with Gasteiger partial charge in [-0.25, -0.2) is 4.98 Å². The molecule has 0 aliphatic carbocycles. The number of aromatic nitrogens is 2. The van der Waals surface area contributed by atoms with E-state index in [1.54, 1.807) is 18.3 Å². The third-order valence-electron chi connectivity index (χ3n) is 6.73. The van der Waals surface area contributed by atoms with Gasteiger partial charge in [-0.2, -0.15) is 0 Å². The number of nitrogens with one attached hydrogen (secondary N) is 2. The summed E-state index contributed by atoms with van der Waals surface area (Å²) in [4.78, 5) is 35.1. The first-order valence-electron chi connectivity index (χ1n) is 12.2. The second-order valence-corrected chi connectivity index (χ2v) is 9.12. The molecule has 0 saturated carbocycles. The van der Waals surface area contributed by atoms with Crippen LogP contribution in [0.15, 0.2) is 72.9 Å². The number of hydrogen-bond acceptors (Lipinski definition) is 4. The second-order valence-electron chi connectivity index (χ2n) is 9.12. The van der Waals surface area contributed by atoms with E-state index in [0.717, 1.165) is 35.2 Å². The lowest BCUT2D eigenvalue weighted by atomic mass is 10.00. The van der Waals surface area contributed by atoms with Crippen LogP contribution in [0.3, 0.4) is 0 Å². The van der Waals surface area contributed by atoms with E-state index in [2.05, 4.69) is 32.3 Å². The highest BCUT2D eigenvalue weighted by atomic mass is 16.2. The number of amides is 2. The molecule has 4 aromatic rings. The molecule has 36 heavy (non-hydrogen) atoms. The lowest BCUT2D eigenvalue weighted by Crippen LogP contribution is -2.20. The number of primary amides is 1. The second kappa shape index (κ2) is 10.1. The fourth-order valence-electron chi connectivity index (χ4n) is 4.62. The number of carbonyl (C=O) groups is 2. The van der Waals surface area contributed by atoms with Crippen LogP contribution in [0.4, 0.5) is 11.5 Å². The average Bonchev–Trinajstić information content (AvgIpc) is 3.57. The minimum absolute atomic E-state index is 0.123. The number of H-pyrrole nitrogens is 1. The summed E-state index contributed by atoms with van der Waals surface area (Å²) in [5.41, 5.74) is 10.4. The molecule has 3 heterocycles. The Hall–Kier alpha value is -4.39. The maximum atomic E-state index is 12.9. The van der Waals surface area contributed by atoms with Crippen molar-refractivity contribution in [3.05, 3.63) is 89.6 Å². The van der Waals surface area contributed by atoms with Gasteiger partial charge in [-0.3, -0.25) is 9.59 Å². The molecule has 7 heteroatoms. The van der Waals surface area contributed by atoms with E-state index in [9.17, 15) is 9.59 Å². The molecule has 1 atom stereocenters. The van der Waals surface area contributed by atoms with Crippen molar-refractivity contribution in [1.82, 2.24) is 9.97 Å². The zero-order valence-corrected chi connectivity index (χ0v) is 20.2. The smallest absolute Gasteiger partial charge is 0.249 e. The summed E-state index contributed by atoms with van der Waals surface area (Å²) in [5.74, 6) is -0.484. The molecule has 2 aromatic heterocycles. The first kappa shape index (κ1) is 23.4. The molecule has 1 fully saturated rings. The molecule has 1 unspecified atom stereocenters. The molecule has 1 aliphatic heterocycles. The van der Waals surface area contributed by atoms with Gasteiger partial charge in [-0.05, 0) is 61.2 Å². The first-order valence-corrected chi connectivity index (χ1v) is 12.2. The molecule has 0 bridgehead atoms. The highest BCUT2D eigenvalue weighted by Crippen LogP contribution is 2.26. The lowest BCUT2D eigenvalue weighted by molar-refractivity contribution is -0.117. The Morgan fingerprint density at radius 3 is 2.44 bits per heavy atom. The summed E-state index contributed by atoms with van der Waals surface area (Å²) in [6.07, 6.45) is 6.00. The monoisotopic (exact) mass is 479 g/mol. The Balaban J connectivity index is 1.32. The van der Waals surface area contributed by atoms with Gasteiger partial charge in [0.05, 0.1) is 5.92 Å². The normalized spacial score (nSPS) is 14.7. The van der Waals surface area contributed by atoms with Crippen molar-refractivity contribution in [1.29, 1.82) is 0 Å². The third kappa shape index (κ3) is 4.86. The van der Waals surface area contributed by atoms with Gasteiger partial charge in [0.15, 0.2) is 0 Å². The molecule has 4 N–H and O–H groups in total. The quantitative estimate of drug-likeness (QED) is 0.327. The number of pyridine rings is 1. The van der Waals surface area contributed by atoms with Crippen LogP contribution in [0.25, 0.3) is 22.7 Å². The Kier molecular flexibility index (Phi) is 6.54. The molecule has 0 radical (unpaired) electrons. The molecule has 1 aliphatic rings. The topological polar surface area (TPSA) is 104 Å². The fraction of sp³-hybridized carbons (Fsp3) is 0.207. The van der Waals surface area contributed by atoms with Gasteiger partial charge in [0.1, 0.15) is 11.5 Å². The standard InChI is InChI=1S/C29H29N5O2/c1-19(20-9-11-23(12-10-20)34-15-5-6-16-34)29(36)33-26-14-13-24-22(18-31-28(24)32-26)17-25(27(30)35)21-7-3-2-4-8-21/h2-4,7-14,17-19H,5-6,15-16H2,1H3,(H2,30,35)(H2,31,32,33,36). The highest BCUT2D eigenvalue weighted by Gasteiger charge is 2.18. The number of rotatable bonds is 7. The van der Waals surface area contributed by atoms with Gasteiger partial charge < -0.3 is 20.9 Å². The third-order valence-corrected chi connectivity index (χ3v) is 6.73. The van der Waals surface area contributed by atoms with Gasteiger partial charge in [-0.15, -0.1) is 0 Å². The van der Waals surface area contributed by atoms with Crippen molar-refractivity contribution in [3.8, 4) is 0 Å². The molecular formula is C29H29N5O2. The summed E-state index contributed by atoms with van der Waals surface area (Å²) in [6.45, 7) is 4.08. The molecule has 0 spiro atoms. The van der Waals surface area contributed by atoms with Crippen molar-refractivity contribution in [2.45, 2.75) is 25.7 Å². The van der Waals surface area contributed by atoms with Gasteiger partial charge >= 0.3 is 0 Å². The van der Waals surface area contributed by atoms with Gasteiger partial charge in [0.25, 0.3) is 0 Å². The number of benzene rings is 2. The predicted molar refractivity (Wildman–Crippen MR) is 145 cm³/mol. The van der Waals surface area contributed by atoms with Crippen LogP contribution < -0.4 is 16.0 Å². The minimum atomic E-state index is -0.505. The van der Waals surface area contributed by atoms with E-state index < -0.39 is 5.91 Å². The van der Waals surface area contributed by atoms with Crippen LogP contribution in [-0.2, 0) is 9.59 Å². The van der Waals surface area contributed by atoms with E-state index in [1.165, 1.54) is 18.5 Å². The van der Waals surface area contributed by atoms with E-state index >= 15 is 0 Å². The summed E-state index contributed by atoms with van der Waals surface area (Å²) in [6, 6.07) is 21.2. The largest absolute Gasteiger partial charge is 0.372 e. The molecule has 5 rings (SSSR count). The van der Waals surface area contributed by atoms with Crippen LogP contribution in [0, 0.1) is 0 Å². The van der Waals surface area contributed by atoms with Crippen molar-refractivity contribution >= 4 is 46.0 Å². The van der Waals surface area contributed by atoms with Crippen molar-refractivity contribution in [2.24, 2.45) is 5.73 Å². The van der Waals surface area contributed by atoms with Gasteiger partial charge in [-0.1, -0.05) is 42.5 Å². The Bertz CT molecular complexity index is 1420. The van der Waals surface area contributed by atoms with Crippen molar-refractivity contribution in [3.63, 3.8) is 0 Å². The molecule has 1 saturated heterocycles. The van der Waals surface area contributed by atoms with E-state index in [-0.39, 0.29) is 11.8 Å². The van der Waals surface area contributed by atoms with Crippen LogP contribution in [0.2, 0.25) is 0 Å². The summed E-state index contributed by atoms with van der Waals surface area (Å²) < 4.78 is 0.